The summed E-state index contributed by atoms with van der Waals surface area (Å²) >= 11 is 0. The fraction of sp³-hybridized carbons (Fsp3) is 0.667. The Morgan fingerprint density at radius 3 is 2.30 bits per heavy atom. The van der Waals surface area contributed by atoms with Gasteiger partial charge in [0.25, 0.3) is 0 Å². The highest BCUT2D eigenvalue weighted by molar-refractivity contribution is 5.92. The predicted molar refractivity (Wildman–Crippen MR) is 31.4 cm³/mol. The van der Waals surface area contributed by atoms with E-state index in [2.05, 4.69) is 4.74 Å². The van der Waals surface area contributed by atoms with Crippen LogP contribution in [0.25, 0.3) is 0 Å². The smallest absolute Gasteiger partial charge is 0.338 e. The van der Waals surface area contributed by atoms with Gasteiger partial charge in [0.1, 0.15) is 0 Å². The van der Waals surface area contributed by atoms with Crippen molar-refractivity contribution in [3.05, 3.63) is 0 Å². The summed E-state index contributed by atoms with van der Waals surface area (Å²) in [4.78, 5) is 21.1. The van der Waals surface area contributed by atoms with Crippen LogP contribution in [-0.4, -0.2) is 31.1 Å². The standard InChI is InChI=1S/C6H8O4/c1-3(7)4-5(10-4)6(8)9-2/h4-5H,1-2H3/t4-,5+/m0/s1. The molecule has 56 valence electrons. The lowest BCUT2D eigenvalue weighted by molar-refractivity contribution is -0.142. The highest BCUT2D eigenvalue weighted by Gasteiger charge is 2.49. The highest BCUT2D eigenvalue weighted by atomic mass is 16.6. The van der Waals surface area contributed by atoms with E-state index in [0.29, 0.717) is 0 Å². The molecule has 0 radical (unpaired) electrons. The second kappa shape index (κ2) is 2.38. The zero-order valence-electron chi connectivity index (χ0n) is 5.79. The maximum Gasteiger partial charge on any atom is 0.338 e. The Bertz CT molecular complexity index is 175. The first-order valence-electron chi connectivity index (χ1n) is 2.90. The predicted octanol–water partition coefficient (Wildman–Crippen LogP) is -0.484. The van der Waals surface area contributed by atoms with E-state index in [1.807, 2.05) is 0 Å². The Labute approximate surface area is 58.1 Å². The van der Waals surface area contributed by atoms with Crippen molar-refractivity contribution < 1.29 is 19.1 Å². The van der Waals surface area contributed by atoms with Crippen molar-refractivity contribution in [2.45, 2.75) is 19.1 Å². The molecule has 0 spiro atoms. The topological polar surface area (TPSA) is 55.9 Å². The zero-order chi connectivity index (χ0) is 7.72. The van der Waals surface area contributed by atoms with Crippen LogP contribution in [0.1, 0.15) is 6.92 Å². The molecule has 1 rings (SSSR count). The van der Waals surface area contributed by atoms with E-state index >= 15 is 0 Å². The summed E-state index contributed by atoms with van der Waals surface area (Å²) in [5, 5.41) is 0. The molecule has 0 aromatic rings. The summed E-state index contributed by atoms with van der Waals surface area (Å²) in [5.41, 5.74) is 0. The molecule has 0 N–H and O–H groups in total. The Kier molecular flexibility index (Phi) is 1.72. The van der Waals surface area contributed by atoms with Crippen LogP contribution >= 0.6 is 0 Å². The average Bonchev–Trinajstić information content (AvgIpc) is 2.64. The average molecular weight is 144 g/mol. The summed E-state index contributed by atoms with van der Waals surface area (Å²) in [6, 6.07) is 0. The van der Waals surface area contributed by atoms with Gasteiger partial charge in [-0.25, -0.2) is 4.79 Å². The number of hydrogen-bond acceptors (Lipinski definition) is 4. The summed E-state index contributed by atoms with van der Waals surface area (Å²) in [5.74, 6) is -0.601. The number of Topliss-reactive ketones (excluding diaryl/α,β-unsaturated/α-hetero) is 1. The third-order valence-corrected chi connectivity index (χ3v) is 1.33. The van der Waals surface area contributed by atoms with Crippen molar-refractivity contribution in [1.29, 1.82) is 0 Å². The monoisotopic (exact) mass is 144 g/mol. The van der Waals surface area contributed by atoms with Crippen LogP contribution in [0.2, 0.25) is 0 Å². The van der Waals surface area contributed by atoms with Crippen LogP contribution in [-0.2, 0) is 19.1 Å². The van der Waals surface area contributed by atoms with Gasteiger partial charge in [0.15, 0.2) is 18.0 Å². The molecule has 0 saturated carbocycles. The Morgan fingerprint density at radius 1 is 1.40 bits per heavy atom. The van der Waals surface area contributed by atoms with Gasteiger partial charge in [-0.3, -0.25) is 4.79 Å². The molecule has 2 atom stereocenters. The number of rotatable bonds is 2. The van der Waals surface area contributed by atoms with Crippen LogP contribution in [0.4, 0.5) is 0 Å². The number of epoxide rings is 1. The fourth-order valence-electron chi connectivity index (χ4n) is 0.717. The van der Waals surface area contributed by atoms with Gasteiger partial charge < -0.3 is 9.47 Å². The molecule has 1 saturated heterocycles. The van der Waals surface area contributed by atoms with E-state index < -0.39 is 18.2 Å². The second-order valence-corrected chi connectivity index (χ2v) is 2.11. The van der Waals surface area contributed by atoms with Gasteiger partial charge in [0.05, 0.1) is 7.11 Å². The van der Waals surface area contributed by atoms with Crippen molar-refractivity contribution in [2.24, 2.45) is 0 Å². The van der Waals surface area contributed by atoms with E-state index in [-0.39, 0.29) is 5.78 Å². The fourth-order valence-corrected chi connectivity index (χ4v) is 0.717. The Balaban J connectivity index is 2.38. The first-order valence-corrected chi connectivity index (χ1v) is 2.90. The highest BCUT2D eigenvalue weighted by Crippen LogP contribution is 2.23. The molecular weight excluding hydrogens is 136 g/mol. The lowest BCUT2D eigenvalue weighted by atomic mass is 10.2. The lowest BCUT2D eigenvalue weighted by Gasteiger charge is -1.89. The van der Waals surface area contributed by atoms with Gasteiger partial charge >= 0.3 is 5.97 Å². The van der Waals surface area contributed by atoms with Crippen LogP contribution in [0, 0.1) is 0 Å². The molecule has 0 amide bonds. The number of methoxy groups -OCH3 is 1. The number of carbonyl (C=O) groups is 2. The van der Waals surface area contributed by atoms with Gasteiger partial charge in [0, 0.05) is 0 Å². The van der Waals surface area contributed by atoms with E-state index in [0.717, 1.165) is 0 Å². The molecule has 1 heterocycles. The minimum absolute atomic E-state index is 0.129. The number of ketones is 1. The molecule has 1 fully saturated rings. The van der Waals surface area contributed by atoms with E-state index in [1.165, 1.54) is 14.0 Å². The lowest BCUT2D eigenvalue weighted by Crippen LogP contribution is -2.15. The molecular formula is C6H8O4. The quantitative estimate of drug-likeness (QED) is 0.388. The molecule has 0 aliphatic carbocycles. The number of esters is 1. The summed E-state index contributed by atoms with van der Waals surface area (Å²) in [7, 11) is 1.27. The van der Waals surface area contributed by atoms with Gasteiger partial charge in [-0.2, -0.15) is 0 Å². The Hall–Kier alpha value is -0.900. The first-order chi connectivity index (χ1) is 4.66. The zero-order valence-corrected chi connectivity index (χ0v) is 5.79. The molecule has 0 aromatic carbocycles. The molecule has 4 nitrogen and oxygen atoms in total. The normalized spacial score (nSPS) is 29.4. The molecule has 0 unspecified atom stereocenters. The van der Waals surface area contributed by atoms with Crippen molar-refractivity contribution in [3.63, 3.8) is 0 Å². The first kappa shape index (κ1) is 7.21. The van der Waals surface area contributed by atoms with Crippen LogP contribution in [0.5, 0.6) is 0 Å². The second-order valence-electron chi connectivity index (χ2n) is 2.11. The van der Waals surface area contributed by atoms with Gasteiger partial charge in [-0.05, 0) is 6.92 Å². The summed E-state index contributed by atoms with van der Waals surface area (Å²) in [6.07, 6.45) is -1.19. The van der Waals surface area contributed by atoms with Gasteiger partial charge in [-0.15, -0.1) is 0 Å². The minimum atomic E-state index is -0.637. The Morgan fingerprint density at radius 2 is 2.00 bits per heavy atom. The van der Waals surface area contributed by atoms with Crippen LogP contribution in [0.3, 0.4) is 0 Å². The van der Waals surface area contributed by atoms with E-state index in [4.69, 9.17) is 4.74 Å². The summed E-state index contributed by atoms with van der Waals surface area (Å²) < 4.78 is 9.05. The number of hydrogen-bond donors (Lipinski definition) is 0. The largest absolute Gasteiger partial charge is 0.467 e. The molecule has 0 bridgehead atoms. The van der Waals surface area contributed by atoms with Crippen LogP contribution < -0.4 is 0 Å². The maximum atomic E-state index is 10.6. The SMILES string of the molecule is COC(=O)[C@@H]1O[C@H]1C(C)=O. The third kappa shape index (κ3) is 1.16. The van der Waals surface area contributed by atoms with E-state index in [1.54, 1.807) is 0 Å². The molecule has 1 aliphatic heterocycles. The van der Waals surface area contributed by atoms with Crippen molar-refractivity contribution in [1.82, 2.24) is 0 Å². The maximum absolute atomic E-state index is 10.6. The summed E-state index contributed by atoms with van der Waals surface area (Å²) in [6.45, 7) is 1.38. The number of carbonyl (C=O) groups excluding carboxylic acids is 2. The number of ether oxygens (including phenoxy) is 2. The molecule has 10 heavy (non-hydrogen) atoms. The van der Waals surface area contributed by atoms with E-state index in [9.17, 15) is 9.59 Å². The molecule has 0 aromatic heterocycles. The van der Waals surface area contributed by atoms with Crippen LogP contribution in [0.15, 0.2) is 0 Å². The molecule has 1 aliphatic rings. The molecule has 4 heteroatoms. The third-order valence-electron chi connectivity index (χ3n) is 1.33. The van der Waals surface area contributed by atoms with Crippen molar-refractivity contribution in [2.75, 3.05) is 7.11 Å². The van der Waals surface area contributed by atoms with Gasteiger partial charge in [-0.1, -0.05) is 0 Å². The van der Waals surface area contributed by atoms with Crippen molar-refractivity contribution in [3.8, 4) is 0 Å². The van der Waals surface area contributed by atoms with Gasteiger partial charge in [0.2, 0.25) is 0 Å². The van der Waals surface area contributed by atoms with Crippen molar-refractivity contribution >= 4 is 11.8 Å². The minimum Gasteiger partial charge on any atom is -0.467 e.